The van der Waals surface area contributed by atoms with Gasteiger partial charge in [-0.25, -0.2) is 0 Å². The van der Waals surface area contributed by atoms with Crippen LogP contribution in [0.5, 0.6) is 0 Å². The minimum Gasteiger partial charge on any atom is -0.323 e. The Balaban J connectivity index is 2.37. The molecule has 0 aliphatic heterocycles. The molecule has 0 amide bonds. The Labute approximate surface area is 91.9 Å². The van der Waals surface area contributed by atoms with Crippen LogP contribution in [0.1, 0.15) is 35.6 Å². The van der Waals surface area contributed by atoms with E-state index in [9.17, 15) is 0 Å². The van der Waals surface area contributed by atoms with Gasteiger partial charge in [-0.2, -0.15) is 0 Å². The fourth-order valence-corrected chi connectivity index (χ4v) is 2.26. The zero-order valence-corrected chi connectivity index (χ0v) is 9.80. The van der Waals surface area contributed by atoms with Gasteiger partial charge in [0.1, 0.15) is 0 Å². The maximum absolute atomic E-state index is 6.29. The molecule has 1 aliphatic rings. The van der Waals surface area contributed by atoms with Crippen molar-refractivity contribution in [3.05, 3.63) is 34.9 Å². The number of likely N-dealkylation sites (N-methyl/N-ethyl adjacent to an activating group) is 1. The fourth-order valence-electron chi connectivity index (χ4n) is 2.26. The molecule has 0 spiro atoms. The maximum Gasteiger partial charge on any atom is 0.0503 e. The van der Waals surface area contributed by atoms with Crippen molar-refractivity contribution < 1.29 is 0 Å². The predicted molar refractivity (Wildman–Crippen MR) is 63.9 cm³/mol. The molecule has 1 atom stereocenters. The van der Waals surface area contributed by atoms with Gasteiger partial charge in [0.15, 0.2) is 0 Å². The van der Waals surface area contributed by atoms with Crippen LogP contribution in [0.2, 0.25) is 0 Å². The number of rotatable bonds is 3. The van der Waals surface area contributed by atoms with Gasteiger partial charge in [0.2, 0.25) is 0 Å². The SMILES string of the molecule is CNC(c1cc(C)ccc1C)C1(N)CC1. The average Bonchev–Trinajstić information content (AvgIpc) is 2.92. The Morgan fingerprint density at radius 3 is 2.53 bits per heavy atom. The third-order valence-electron chi connectivity index (χ3n) is 3.44. The minimum atomic E-state index is -0.00664. The van der Waals surface area contributed by atoms with E-state index in [2.05, 4.69) is 37.4 Å². The van der Waals surface area contributed by atoms with Crippen molar-refractivity contribution in [2.24, 2.45) is 5.73 Å². The summed E-state index contributed by atoms with van der Waals surface area (Å²) in [6.45, 7) is 4.29. The highest BCUT2D eigenvalue weighted by atomic mass is 15.0. The van der Waals surface area contributed by atoms with E-state index in [1.54, 1.807) is 0 Å². The number of aryl methyl sites for hydroxylation is 2. The van der Waals surface area contributed by atoms with Gasteiger partial charge >= 0.3 is 0 Å². The van der Waals surface area contributed by atoms with Crippen LogP contribution < -0.4 is 11.1 Å². The third-order valence-corrected chi connectivity index (χ3v) is 3.44. The van der Waals surface area contributed by atoms with Gasteiger partial charge in [-0.1, -0.05) is 23.8 Å². The first-order chi connectivity index (χ1) is 7.07. The molecule has 2 nitrogen and oxygen atoms in total. The smallest absolute Gasteiger partial charge is 0.0503 e. The first-order valence-electron chi connectivity index (χ1n) is 5.60. The van der Waals surface area contributed by atoms with E-state index in [0.29, 0.717) is 6.04 Å². The van der Waals surface area contributed by atoms with Crippen molar-refractivity contribution in [3.8, 4) is 0 Å². The van der Waals surface area contributed by atoms with E-state index in [1.807, 2.05) is 7.05 Å². The maximum atomic E-state index is 6.29. The van der Waals surface area contributed by atoms with Gasteiger partial charge in [-0.05, 0) is 44.9 Å². The Hall–Kier alpha value is -0.860. The molecule has 0 bridgehead atoms. The molecule has 1 aromatic rings. The second-order valence-electron chi connectivity index (χ2n) is 4.81. The van der Waals surface area contributed by atoms with Crippen LogP contribution in [0.3, 0.4) is 0 Å². The molecule has 1 aromatic carbocycles. The lowest BCUT2D eigenvalue weighted by molar-refractivity contribution is 0.459. The molecule has 2 rings (SSSR count). The summed E-state index contributed by atoms with van der Waals surface area (Å²) < 4.78 is 0. The highest BCUT2D eigenvalue weighted by Crippen LogP contribution is 2.44. The molecule has 0 saturated heterocycles. The van der Waals surface area contributed by atoms with E-state index in [-0.39, 0.29) is 5.54 Å². The highest BCUT2D eigenvalue weighted by molar-refractivity contribution is 5.36. The lowest BCUT2D eigenvalue weighted by Gasteiger charge is -2.25. The molecule has 1 fully saturated rings. The molecule has 0 radical (unpaired) electrons. The normalized spacial score (nSPS) is 20.0. The van der Waals surface area contributed by atoms with Crippen LogP contribution in [0.15, 0.2) is 18.2 Å². The van der Waals surface area contributed by atoms with Crippen LogP contribution in [0, 0.1) is 13.8 Å². The second-order valence-corrected chi connectivity index (χ2v) is 4.81. The van der Waals surface area contributed by atoms with Crippen molar-refractivity contribution >= 4 is 0 Å². The zero-order chi connectivity index (χ0) is 11.1. The molecule has 1 saturated carbocycles. The summed E-state index contributed by atoms with van der Waals surface area (Å²) in [5.41, 5.74) is 10.3. The number of benzene rings is 1. The molecule has 1 unspecified atom stereocenters. The fraction of sp³-hybridized carbons (Fsp3) is 0.538. The van der Waals surface area contributed by atoms with Gasteiger partial charge in [-0.15, -0.1) is 0 Å². The Morgan fingerprint density at radius 2 is 2.00 bits per heavy atom. The summed E-state index contributed by atoms with van der Waals surface area (Å²) >= 11 is 0. The van der Waals surface area contributed by atoms with E-state index >= 15 is 0 Å². The zero-order valence-electron chi connectivity index (χ0n) is 9.80. The van der Waals surface area contributed by atoms with Crippen molar-refractivity contribution in [1.82, 2.24) is 5.32 Å². The third kappa shape index (κ3) is 1.92. The van der Waals surface area contributed by atoms with Crippen molar-refractivity contribution in [2.45, 2.75) is 38.3 Å². The number of nitrogens with two attached hydrogens (primary N) is 1. The summed E-state index contributed by atoms with van der Waals surface area (Å²) in [4.78, 5) is 0. The summed E-state index contributed by atoms with van der Waals surface area (Å²) in [5.74, 6) is 0. The minimum absolute atomic E-state index is 0.00664. The summed E-state index contributed by atoms with van der Waals surface area (Å²) in [6, 6.07) is 6.89. The van der Waals surface area contributed by atoms with Crippen molar-refractivity contribution in [2.75, 3.05) is 7.05 Å². The van der Waals surface area contributed by atoms with Crippen molar-refractivity contribution in [3.63, 3.8) is 0 Å². The second kappa shape index (κ2) is 3.62. The standard InChI is InChI=1S/C13H20N2/c1-9-4-5-10(2)11(8-9)12(15-3)13(14)6-7-13/h4-5,8,12,15H,6-7,14H2,1-3H3. The quantitative estimate of drug-likeness (QED) is 0.791. The lowest BCUT2D eigenvalue weighted by atomic mass is 9.93. The topological polar surface area (TPSA) is 38.0 Å². The first-order valence-corrected chi connectivity index (χ1v) is 5.60. The Morgan fingerprint density at radius 1 is 1.33 bits per heavy atom. The monoisotopic (exact) mass is 204 g/mol. The van der Waals surface area contributed by atoms with Crippen LogP contribution in [-0.2, 0) is 0 Å². The van der Waals surface area contributed by atoms with Crippen LogP contribution in [0.25, 0.3) is 0 Å². The van der Waals surface area contributed by atoms with E-state index < -0.39 is 0 Å². The van der Waals surface area contributed by atoms with Crippen molar-refractivity contribution in [1.29, 1.82) is 0 Å². The Kier molecular flexibility index (Phi) is 2.57. The molecular formula is C13H20N2. The molecule has 3 N–H and O–H groups in total. The molecule has 82 valence electrons. The van der Waals surface area contributed by atoms with Crippen LogP contribution >= 0.6 is 0 Å². The summed E-state index contributed by atoms with van der Waals surface area (Å²) in [7, 11) is 2.00. The predicted octanol–water partition coefficient (Wildman–Crippen LogP) is 2.06. The van der Waals surface area contributed by atoms with Crippen LogP contribution in [0.4, 0.5) is 0 Å². The summed E-state index contributed by atoms with van der Waals surface area (Å²) in [5, 5.41) is 3.36. The van der Waals surface area contributed by atoms with Gasteiger partial charge in [0, 0.05) is 5.54 Å². The van der Waals surface area contributed by atoms with Gasteiger partial charge < -0.3 is 11.1 Å². The van der Waals surface area contributed by atoms with Gasteiger partial charge in [0.25, 0.3) is 0 Å². The van der Waals surface area contributed by atoms with Gasteiger partial charge in [-0.3, -0.25) is 0 Å². The lowest BCUT2D eigenvalue weighted by Crippen LogP contribution is -2.38. The molecular weight excluding hydrogens is 184 g/mol. The summed E-state index contributed by atoms with van der Waals surface area (Å²) in [6.07, 6.45) is 2.26. The van der Waals surface area contributed by atoms with E-state index in [1.165, 1.54) is 16.7 Å². The van der Waals surface area contributed by atoms with Crippen LogP contribution in [-0.4, -0.2) is 12.6 Å². The number of hydrogen-bond acceptors (Lipinski definition) is 2. The molecule has 0 heterocycles. The first kappa shape index (κ1) is 10.7. The molecule has 2 heteroatoms. The molecule has 1 aliphatic carbocycles. The molecule has 15 heavy (non-hydrogen) atoms. The van der Waals surface area contributed by atoms with E-state index in [4.69, 9.17) is 5.73 Å². The number of nitrogens with one attached hydrogen (secondary N) is 1. The van der Waals surface area contributed by atoms with E-state index in [0.717, 1.165) is 12.8 Å². The highest BCUT2D eigenvalue weighted by Gasteiger charge is 2.46. The number of hydrogen-bond donors (Lipinski definition) is 2. The Bertz CT molecular complexity index is 367. The van der Waals surface area contributed by atoms with Gasteiger partial charge in [0.05, 0.1) is 6.04 Å². The average molecular weight is 204 g/mol. The largest absolute Gasteiger partial charge is 0.323 e. The molecule has 0 aromatic heterocycles.